The van der Waals surface area contributed by atoms with E-state index in [-0.39, 0.29) is 0 Å². The average Bonchev–Trinajstić information content (AvgIpc) is 1.93. The van der Waals surface area contributed by atoms with Gasteiger partial charge in [-0.25, -0.2) is 9.78 Å². The molecule has 2 nitrogen and oxygen atoms in total. The van der Waals surface area contributed by atoms with E-state index in [1.54, 1.807) is 0 Å². The molecule has 11 heavy (non-hydrogen) atoms. The van der Waals surface area contributed by atoms with E-state index in [1.807, 2.05) is 0 Å². The molecule has 1 fully saturated rings. The molecule has 0 unspecified atom stereocenters. The third-order valence-corrected chi connectivity index (χ3v) is 2.09. The fourth-order valence-electron chi connectivity index (χ4n) is 1.02. The van der Waals surface area contributed by atoms with Crippen LogP contribution in [-0.2, 0) is 9.78 Å². The van der Waals surface area contributed by atoms with E-state index >= 15 is 0 Å². The Labute approximate surface area is 68.8 Å². The second kappa shape index (κ2) is 5.56. The fraction of sp³-hybridized carbons (Fsp3) is 1.00. The topological polar surface area (TPSA) is 18.5 Å². The summed E-state index contributed by atoms with van der Waals surface area (Å²) in [6.07, 6.45) is 7.71. The molecule has 0 aromatic carbocycles. The third-order valence-electron chi connectivity index (χ3n) is 2.09. The number of hydrogen-bond donors (Lipinski definition) is 0. The maximum atomic E-state index is 5.12. The molecule has 0 aliphatic heterocycles. The predicted molar refractivity (Wildman–Crippen MR) is 44.2 cm³/mol. The summed E-state index contributed by atoms with van der Waals surface area (Å²) in [5.74, 6) is 0. The zero-order valence-electron chi connectivity index (χ0n) is 7.34. The summed E-state index contributed by atoms with van der Waals surface area (Å²) in [7, 11) is 0. The lowest BCUT2D eigenvalue weighted by Crippen LogP contribution is -2.21. The van der Waals surface area contributed by atoms with Crippen molar-refractivity contribution in [1.29, 1.82) is 0 Å². The zero-order chi connectivity index (χ0) is 7.94. The van der Waals surface area contributed by atoms with Gasteiger partial charge in [0.25, 0.3) is 0 Å². The Morgan fingerprint density at radius 1 is 1.27 bits per heavy atom. The highest BCUT2D eigenvalue weighted by atomic mass is 17.2. The highest BCUT2D eigenvalue weighted by Gasteiger charge is 2.18. The lowest BCUT2D eigenvalue weighted by molar-refractivity contribution is -0.337. The molecule has 66 valence electrons. The maximum Gasteiger partial charge on any atom is 0.0930 e. The van der Waals surface area contributed by atoms with E-state index in [0.29, 0.717) is 6.10 Å². The SMILES string of the molecule is CCCCCOOC1CCC1. The molecular weight excluding hydrogens is 140 g/mol. The van der Waals surface area contributed by atoms with Crippen molar-refractivity contribution in [3.05, 3.63) is 0 Å². The Kier molecular flexibility index (Phi) is 4.55. The first-order valence-electron chi connectivity index (χ1n) is 4.71. The molecular formula is C9H18O2. The third kappa shape index (κ3) is 3.73. The minimum Gasteiger partial charge on any atom is -0.236 e. The van der Waals surface area contributed by atoms with Gasteiger partial charge in [-0.1, -0.05) is 19.8 Å². The van der Waals surface area contributed by atoms with E-state index in [2.05, 4.69) is 6.92 Å². The summed E-state index contributed by atoms with van der Waals surface area (Å²) in [6.45, 7) is 2.96. The van der Waals surface area contributed by atoms with Gasteiger partial charge in [-0.2, -0.15) is 0 Å². The van der Waals surface area contributed by atoms with E-state index < -0.39 is 0 Å². The van der Waals surface area contributed by atoms with Gasteiger partial charge >= 0.3 is 0 Å². The van der Waals surface area contributed by atoms with Crippen LogP contribution in [-0.4, -0.2) is 12.7 Å². The molecule has 0 spiro atoms. The highest BCUT2D eigenvalue weighted by molar-refractivity contribution is 4.67. The summed E-state index contributed by atoms with van der Waals surface area (Å²) in [5, 5.41) is 0. The Morgan fingerprint density at radius 3 is 2.64 bits per heavy atom. The quantitative estimate of drug-likeness (QED) is 0.336. The molecule has 2 heteroatoms. The minimum absolute atomic E-state index is 0.414. The van der Waals surface area contributed by atoms with Gasteiger partial charge in [-0.05, 0) is 25.7 Å². The van der Waals surface area contributed by atoms with Crippen molar-refractivity contribution in [2.45, 2.75) is 51.6 Å². The molecule has 0 saturated heterocycles. The van der Waals surface area contributed by atoms with Crippen molar-refractivity contribution < 1.29 is 9.78 Å². The van der Waals surface area contributed by atoms with Gasteiger partial charge in [0.2, 0.25) is 0 Å². The summed E-state index contributed by atoms with van der Waals surface area (Å²) in [4.78, 5) is 10.2. The van der Waals surface area contributed by atoms with Crippen LogP contribution in [0.2, 0.25) is 0 Å². The van der Waals surface area contributed by atoms with Crippen LogP contribution in [0.15, 0.2) is 0 Å². The second-order valence-electron chi connectivity index (χ2n) is 3.18. The smallest absolute Gasteiger partial charge is 0.0930 e. The lowest BCUT2D eigenvalue weighted by Gasteiger charge is -2.23. The molecule has 0 radical (unpaired) electrons. The number of unbranched alkanes of at least 4 members (excludes halogenated alkanes) is 2. The van der Waals surface area contributed by atoms with E-state index in [1.165, 1.54) is 32.1 Å². The Morgan fingerprint density at radius 2 is 2.09 bits per heavy atom. The Bertz CT molecular complexity index is 89.6. The van der Waals surface area contributed by atoms with Crippen LogP contribution in [0.3, 0.4) is 0 Å². The van der Waals surface area contributed by atoms with Crippen LogP contribution < -0.4 is 0 Å². The van der Waals surface area contributed by atoms with Crippen molar-refractivity contribution in [2.24, 2.45) is 0 Å². The largest absolute Gasteiger partial charge is 0.236 e. The second-order valence-corrected chi connectivity index (χ2v) is 3.18. The van der Waals surface area contributed by atoms with Gasteiger partial charge in [0.05, 0.1) is 12.7 Å². The van der Waals surface area contributed by atoms with E-state index in [4.69, 9.17) is 9.78 Å². The molecule has 0 aromatic rings. The molecule has 1 saturated carbocycles. The van der Waals surface area contributed by atoms with E-state index in [0.717, 1.165) is 13.0 Å². The molecule has 0 atom stereocenters. The van der Waals surface area contributed by atoms with Gasteiger partial charge in [0.15, 0.2) is 0 Å². The van der Waals surface area contributed by atoms with Crippen LogP contribution in [0.5, 0.6) is 0 Å². The first-order valence-corrected chi connectivity index (χ1v) is 4.71. The van der Waals surface area contributed by atoms with Crippen molar-refractivity contribution in [3.8, 4) is 0 Å². The molecule has 0 bridgehead atoms. The Hall–Kier alpha value is -0.0800. The molecule has 0 heterocycles. The van der Waals surface area contributed by atoms with Crippen molar-refractivity contribution >= 4 is 0 Å². The van der Waals surface area contributed by atoms with E-state index in [9.17, 15) is 0 Å². The number of hydrogen-bond acceptors (Lipinski definition) is 2. The van der Waals surface area contributed by atoms with Gasteiger partial charge in [-0.15, -0.1) is 0 Å². The molecule has 0 amide bonds. The highest BCUT2D eigenvalue weighted by Crippen LogP contribution is 2.21. The number of rotatable bonds is 6. The van der Waals surface area contributed by atoms with Gasteiger partial charge in [0.1, 0.15) is 0 Å². The monoisotopic (exact) mass is 158 g/mol. The standard InChI is InChI=1S/C9H18O2/c1-2-3-4-8-10-11-9-6-5-7-9/h9H,2-8H2,1H3. The predicted octanol–water partition coefficient (Wildman–Crippen LogP) is 2.68. The van der Waals surface area contributed by atoms with Crippen molar-refractivity contribution in [1.82, 2.24) is 0 Å². The summed E-state index contributed by atoms with van der Waals surface area (Å²) in [6, 6.07) is 0. The molecule has 1 aliphatic rings. The van der Waals surface area contributed by atoms with Crippen molar-refractivity contribution in [2.75, 3.05) is 6.61 Å². The zero-order valence-corrected chi connectivity index (χ0v) is 7.34. The first kappa shape index (κ1) is 9.01. The minimum atomic E-state index is 0.414. The van der Waals surface area contributed by atoms with Crippen LogP contribution in [0.1, 0.15) is 45.4 Å². The Balaban J connectivity index is 1.73. The van der Waals surface area contributed by atoms with Crippen LogP contribution >= 0.6 is 0 Å². The summed E-state index contributed by atoms with van der Waals surface area (Å²) >= 11 is 0. The van der Waals surface area contributed by atoms with Crippen LogP contribution in [0.4, 0.5) is 0 Å². The van der Waals surface area contributed by atoms with Crippen LogP contribution in [0, 0.1) is 0 Å². The first-order chi connectivity index (χ1) is 5.43. The maximum absolute atomic E-state index is 5.12. The molecule has 0 aromatic heterocycles. The van der Waals surface area contributed by atoms with Crippen LogP contribution in [0.25, 0.3) is 0 Å². The normalized spacial score (nSPS) is 18.3. The fourth-order valence-corrected chi connectivity index (χ4v) is 1.02. The van der Waals surface area contributed by atoms with Gasteiger partial charge < -0.3 is 0 Å². The molecule has 1 aliphatic carbocycles. The average molecular weight is 158 g/mol. The van der Waals surface area contributed by atoms with Crippen molar-refractivity contribution in [3.63, 3.8) is 0 Å². The van der Waals surface area contributed by atoms with Gasteiger partial charge in [-0.3, -0.25) is 0 Å². The summed E-state index contributed by atoms with van der Waals surface area (Å²) < 4.78 is 0. The molecule has 1 rings (SSSR count). The van der Waals surface area contributed by atoms with Gasteiger partial charge in [0, 0.05) is 0 Å². The summed E-state index contributed by atoms with van der Waals surface area (Å²) in [5.41, 5.74) is 0. The molecule has 0 N–H and O–H groups in total. The lowest BCUT2D eigenvalue weighted by atomic mass is 9.97.